The van der Waals surface area contributed by atoms with Crippen LogP contribution < -0.4 is 9.62 Å². The summed E-state index contributed by atoms with van der Waals surface area (Å²) in [5, 5.41) is 3.06. The van der Waals surface area contributed by atoms with E-state index in [1.54, 1.807) is 42.5 Å². The number of halogens is 1. The van der Waals surface area contributed by atoms with E-state index in [0.29, 0.717) is 11.6 Å². The molecule has 0 saturated heterocycles. The number of hydrogen-bond acceptors (Lipinski definition) is 3. The highest BCUT2D eigenvalue weighted by Gasteiger charge is 2.28. The van der Waals surface area contributed by atoms with Crippen LogP contribution in [0.15, 0.2) is 88.2 Å². The van der Waals surface area contributed by atoms with E-state index in [1.807, 2.05) is 43.3 Å². The molecule has 0 aromatic heterocycles. The Morgan fingerprint density at radius 3 is 2.24 bits per heavy atom. The Balaban J connectivity index is 1.92. The van der Waals surface area contributed by atoms with Crippen molar-refractivity contribution in [3.63, 3.8) is 0 Å². The second-order valence-electron chi connectivity index (χ2n) is 8.46. The molecule has 0 aliphatic rings. The van der Waals surface area contributed by atoms with E-state index in [9.17, 15) is 13.2 Å². The summed E-state index contributed by atoms with van der Waals surface area (Å²) in [7, 11) is -3.95. The van der Waals surface area contributed by atoms with E-state index < -0.39 is 10.0 Å². The van der Waals surface area contributed by atoms with Crippen molar-refractivity contribution < 1.29 is 13.2 Å². The summed E-state index contributed by atoms with van der Waals surface area (Å²) in [6.45, 7) is 5.76. The van der Waals surface area contributed by atoms with Gasteiger partial charge in [0.05, 0.1) is 16.6 Å². The average Bonchev–Trinajstić information content (AvgIpc) is 2.77. The maximum Gasteiger partial charge on any atom is 0.264 e. The van der Waals surface area contributed by atoms with Gasteiger partial charge in [-0.05, 0) is 55.2 Å². The van der Waals surface area contributed by atoms with Gasteiger partial charge in [0.25, 0.3) is 10.0 Å². The summed E-state index contributed by atoms with van der Waals surface area (Å²) in [6, 6.07) is 23.1. The average molecular weight is 530 g/mol. The molecule has 0 heterocycles. The molecule has 7 heteroatoms. The van der Waals surface area contributed by atoms with Gasteiger partial charge in [0.1, 0.15) is 6.54 Å². The monoisotopic (exact) mass is 528 g/mol. The number of benzene rings is 3. The predicted molar refractivity (Wildman–Crippen MR) is 137 cm³/mol. The van der Waals surface area contributed by atoms with E-state index in [0.717, 1.165) is 26.3 Å². The van der Waals surface area contributed by atoms with Gasteiger partial charge in [-0.1, -0.05) is 83.9 Å². The maximum atomic E-state index is 13.6. The van der Waals surface area contributed by atoms with Gasteiger partial charge in [-0.15, -0.1) is 0 Å². The zero-order chi connectivity index (χ0) is 24.0. The van der Waals surface area contributed by atoms with E-state index in [2.05, 4.69) is 35.1 Å². The van der Waals surface area contributed by atoms with Crippen LogP contribution in [0.3, 0.4) is 0 Å². The smallest absolute Gasteiger partial charge is 0.264 e. The quantitative estimate of drug-likeness (QED) is 0.378. The highest BCUT2D eigenvalue weighted by Crippen LogP contribution is 2.27. The third-order valence-corrected chi connectivity index (χ3v) is 7.52. The third kappa shape index (κ3) is 6.68. The highest BCUT2D eigenvalue weighted by molar-refractivity contribution is 9.10. The van der Waals surface area contributed by atoms with Gasteiger partial charge in [0.15, 0.2) is 0 Å². The number of hydrogen-bond donors (Lipinski definition) is 1. The third-order valence-electron chi connectivity index (χ3n) is 5.24. The van der Waals surface area contributed by atoms with Gasteiger partial charge < -0.3 is 5.32 Å². The second-order valence-corrected chi connectivity index (χ2v) is 11.2. The number of nitrogens with zero attached hydrogens (tertiary/aromatic N) is 1. The molecule has 3 rings (SSSR count). The first-order valence-corrected chi connectivity index (χ1v) is 13.1. The fourth-order valence-electron chi connectivity index (χ4n) is 3.59. The van der Waals surface area contributed by atoms with Gasteiger partial charge in [-0.2, -0.15) is 0 Å². The molecule has 0 unspecified atom stereocenters. The number of anilines is 1. The molecule has 0 bridgehead atoms. The Hall–Kier alpha value is -2.64. The number of carbonyl (C=O) groups excluding carboxylic acids is 1. The molecule has 5 nitrogen and oxygen atoms in total. The lowest BCUT2D eigenvalue weighted by Crippen LogP contribution is -2.42. The van der Waals surface area contributed by atoms with Crippen LogP contribution in [0.25, 0.3) is 0 Å². The molecule has 1 N–H and O–H groups in total. The van der Waals surface area contributed by atoms with Gasteiger partial charge >= 0.3 is 0 Å². The van der Waals surface area contributed by atoms with Crippen molar-refractivity contribution in [1.82, 2.24) is 5.32 Å². The topological polar surface area (TPSA) is 66.5 Å². The van der Waals surface area contributed by atoms with Crippen LogP contribution in [0, 0.1) is 12.8 Å². The lowest BCUT2D eigenvalue weighted by molar-refractivity contribution is -0.120. The van der Waals surface area contributed by atoms with E-state index in [1.165, 1.54) is 0 Å². The Bertz CT molecular complexity index is 1180. The van der Waals surface area contributed by atoms with Crippen molar-refractivity contribution in [2.75, 3.05) is 10.8 Å². The summed E-state index contributed by atoms with van der Waals surface area (Å²) in [4.78, 5) is 13.3. The summed E-state index contributed by atoms with van der Waals surface area (Å²) in [5.41, 5.74) is 2.37. The van der Waals surface area contributed by atoms with E-state index in [4.69, 9.17) is 0 Å². The highest BCUT2D eigenvalue weighted by atomic mass is 79.9. The molecule has 174 valence electrons. The molecule has 1 atom stereocenters. The standard InChI is InChI=1S/C26H29BrN2O3S/c1-19(2)16-25(21-8-5-4-6-9-21)28-26(30)18-29(23-11-7-10-22(27)17-23)33(31,32)24-14-12-20(3)13-15-24/h4-15,17,19,25H,16,18H2,1-3H3,(H,28,30)/t25-/m0/s1. The van der Waals surface area contributed by atoms with Crippen LogP contribution in [-0.2, 0) is 14.8 Å². The number of sulfonamides is 1. The van der Waals surface area contributed by atoms with Crippen LogP contribution in [0.4, 0.5) is 5.69 Å². The Kier molecular flexibility index (Phi) is 8.32. The van der Waals surface area contributed by atoms with E-state index >= 15 is 0 Å². The Morgan fingerprint density at radius 2 is 1.64 bits per heavy atom. The molecular weight excluding hydrogens is 500 g/mol. The van der Waals surface area contributed by atoms with Crippen LogP contribution in [0.2, 0.25) is 0 Å². The number of carbonyl (C=O) groups is 1. The van der Waals surface area contributed by atoms with Crippen molar-refractivity contribution in [3.05, 3.63) is 94.5 Å². The van der Waals surface area contributed by atoms with Gasteiger partial charge in [0.2, 0.25) is 5.91 Å². The van der Waals surface area contributed by atoms with Crippen molar-refractivity contribution in [2.45, 2.75) is 38.1 Å². The van der Waals surface area contributed by atoms with Crippen molar-refractivity contribution in [2.24, 2.45) is 5.92 Å². The molecule has 0 aliphatic heterocycles. The normalized spacial score (nSPS) is 12.4. The maximum absolute atomic E-state index is 13.6. The molecule has 0 saturated carbocycles. The zero-order valence-corrected chi connectivity index (χ0v) is 21.4. The Morgan fingerprint density at radius 1 is 0.970 bits per heavy atom. The van der Waals surface area contributed by atoms with Crippen LogP contribution in [0.5, 0.6) is 0 Å². The van der Waals surface area contributed by atoms with Gasteiger partial charge in [-0.25, -0.2) is 8.42 Å². The summed E-state index contributed by atoms with van der Waals surface area (Å²) in [6.07, 6.45) is 0.747. The molecule has 33 heavy (non-hydrogen) atoms. The minimum atomic E-state index is -3.95. The number of amides is 1. The van der Waals surface area contributed by atoms with Crippen molar-refractivity contribution in [1.29, 1.82) is 0 Å². The van der Waals surface area contributed by atoms with Crippen molar-refractivity contribution in [3.8, 4) is 0 Å². The molecule has 0 spiro atoms. The fourth-order valence-corrected chi connectivity index (χ4v) is 5.39. The fraction of sp³-hybridized carbons (Fsp3) is 0.269. The van der Waals surface area contributed by atoms with Crippen LogP contribution in [-0.4, -0.2) is 20.9 Å². The SMILES string of the molecule is Cc1ccc(S(=O)(=O)N(CC(=O)N[C@@H](CC(C)C)c2ccccc2)c2cccc(Br)c2)cc1. The molecule has 0 radical (unpaired) electrons. The first-order chi connectivity index (χ1) is 15.7. The van der Waals surface area contributed by atoms with E-state index in [-0.39, 0.29) is 23.4 Å². The van der Waals surface area contributed by atoms with Crippen LogP contribution >= 0.6 is 15.9 Å². The largest absolute Gasteiger partial charge is 0.348 e. The summed E-state index contributed by atoms with van der Waals surface area (Å²) < 4.78 is 29.0. The summed E-state index contributed by atoms with van der Waals surface area (Å²) >= 11 is 3.41. The lowest BCUT2D eigenvalue weighted by Gasteiger charge is -2.27. The van der Waals surface area contributed by atoms with Crippen LogP contribution in [0.1, 0.15) is 37.4 Å². The zero-order valence-electron chi connectivity index (χ0n) is 19.0. The minimum Gasteiger partial charge on any atom is -0.348 e. The molecule has 3 aromatic rings. The summed E-state index contributed by atoms with van der Waals surface area (Å²) in [5.74, 6) is -0.00635. The second kappa shape index (κ2) is 11.0. The molecule has 0 fully saturated rings. The minimum absolute atomic E-state index is 0.141. The molecule has 0 aliphatic carbocycles. The molecular formula is C26H29BrN2O3S. The number of nitrogens with one attached hydrogen (secondary N) is 1. The number of aryl methyl sites for hydroxylation is 1. The predicted octanol–water partition coefficient (Wildman–Crippen LogP) is 5.86. The van der Waals surface area contributed by atoms with Crippen molar-refractivity contribution >= 4 is 37.5 Å². The van der Waals surface area contributed by atoms with Gasteiger partial charge in [0, 0.05) is 4.47 Å². The Labute approximate surface area is 205 Å². The lowest BCUT2D eigenvalue weighted by atomic mass is 9.97. The van der Waals surface area contributed by atoms with Gasteiger partial charge in [-0.3, -0.25) is 9.10 Å². The first kappa shape index (κ1) is 25.0. The molecule has 3 aromatic carbocycles. The first-order valence-electron chi connectivity index (χ1n) is 10.9. The number of rotatable bonds is 9. The molecule has 1 amide bonds.